The van der Waals surface area contributed by atoms with Gasteiger partial charge < -0.3 is 15.0 Å². The highest BCUT2D eigenvalue weighted by Crippen LogP contribution is 2.32. The second-order valence-corrected chi connectivity index (χ2v) is 4.87. The van der Waals surface area contributed by atoms with Crippen molar-refractivity contribution in [3.63, 3.8) is 0 Å². The van der Waals surface area contributed by atoms with Crippen molar-refractivity contribution in [2.45, 2.75) is 0 Å². The maximum Gasteiger partial charge on any atom is 0.273 e. The molecule has 3 rings (SSSR count). The Morgan fingerprint density at radius 2 is 2.26 bits per heavy atom. The minimum Gasteiger partial charge on any atom is -0.490 e. The van der Waals surface area contributed by atoms with Crippen LogP contribution in [0.4, 0.5) is 5.69 Å². The molecule has 19 heavy (non-hydrogen) atoms. The van der Waals surface area contributed by atoms with Gasteiger partial charge in [0.2, 0.25) is 0 Å². The van der Waals surface area contributed by atoms with Crippen LogP contribution in [0.2, 0.25) is 0 Å². The van der Waals surface area contributed by atoms with Crippen LogP contribution in [0, 0.1) is 0 Å². The zero-order valence-electron chi connectivity index (χ0n) is 10.4. The summed E-state index contributed by atoms with van der Waals surface area (Å²) in [6.07, 6.45) is 1.76. The molecular weight excluding hydrogens is 262 g/mol. The molecule has 6 heteroatoms. The molecule has 2 heterocycles. The maximum atomic E-state index is 11.6. The van der Waals surface area contributed by atoms with E-state index in [2.05, 4.69) is 15.5 Å². The number of nitrogens with one attached hydrogen (secondary N) is 2. The van der Waals surface area contributed by atoms with E-state index in [9.17, 15) is 4.79 Å². The zero-order valence-corrected chi connectivity index (χ0v) is 11.2. The van der Waals surface area contributed by atoms with Gasteiger partial charge in [-0.25, -0.2) is 0 Å². The SMILES string of the molecule is CN1CCOc2cc(/C=C3\NC(=S)NC3=O)ccc21. The molecule has 1 fully saturated rings. The predicted octanol–water partition coefficient (Wildman–Crippen LogP) is 0.860. The summed E-state index contributed by atoms with van der Waals surface area (Å²) in [6.45, 7) is 1.55. The Morgan fingerprint density at radius 1 is 1.42 bits per heavy atom. The summed E-state index contributed by atoms with van der Waals surface area (Å²) in [5.74, 6) is 0.629. The van der Waals surface area contributed by atoms with Gasteiger partial charge in [0.05, 0.1) is 12.2 Å². The van der Waals surface area contributed by atoms with Crippen LogP contribution in [-0.2, 0) is 4.79 Å². The first-order chi connectivity index (χ1) is 9.13. The molecule has 1 aromatic carbocycles. The van der Waals surface area contributed by atoms with Crippen LogP contribution in [-0.4, -0.2) is 31.2 Å². The Hall–Kier alpha value is -2.08. The van der Waals surface area contributed by atoms with Crippen molar-refractivity contribution >= 4 is 35.0 Å². The molecular formula is C13H13N3O2S. The first-order valence-corrected chi connectivity index (χ1v) is 6.36. The van der Waals surface area contributed by atoms with Crippen molar-refractivity contribution in [2.24, 2.45) is 0 Å². The Labute approximate surface area is 116 Å². The summed E-state index contributed by atoms with van der Waals surface area (Å²) in [5.41, 5.74) is 2.42. The fraction of sp³-hybridized carbons (Fsp3) is 0.231. The summed E-state index contributed by atoms with van der Waals surface area (Å²) in [5, 5.41) is 5.69. The Kier molecular flexibility index (Phi) is 2.87. The number of nitrogens with zero attached hydrogens (tertiary/aromatic N) is 1. The molecule has 2 N–H and O–H groups in total. The van der Waals surface area contributed by atoms with E-state index >= 15 is 0 Å². The quantitative estimate of drug-likeness (QED) is 0.588. The van der Waals surface area contributed by atoms with Crippen LogP contribution >= 0.6 is 12.2 Å². The highest BCUT2D eigenvalue weighted by molar-refractivity contribution is 7.80. The lowest BCUT2D eigenvalue weighted by Crippen LogP contribution is -2.28. The molecule has 0 atom stereocenters. The Balaban J connectivity index is 1.93. The molecule has 0 aromatic heterocycles. The van der Waals surface area contributed by atoms with Crippen LogP contribution in [0.5, 0.6) is 5.75 Å². The predicted molar refractivity (Wildman–Crippen MR) is 77.1 cm³/mol. The third-order valence-corrected chi connectivity index (χ3v) is 3.31. The highest BCUT2D eigenvalue weighted by Gasteiger charge is 2.20. The first-order valence-electron chi connectivity index (χ1n) is 5.95. The number of rotatable bonds is 1. The molecule has 1 amide bonds. The van der Waals surface area contributed by atoms with Gasteiger partial charge in [0.15, 0.2) is 5.11 Å². The summed E-state index contributed by atoms with van der Waals surface area (Å²) < 4.78 is 5.63. The minimum atomic E-state index is -0.208. The van der Waals surface area contributed by atoms with E-state index in [1.807, 2.05) is 25.2 Å². The number of ether oxygens (including phenoxy) is 1. The fourth-order valence-electron chi connectivity index (χ4n) is 2.11. The van der Waals surface area contributed by atoms with E-state index < -0.39 is 0 Å². The summed E-state index contributed by atoms with van der Waals surface area (Å²) in [6, 6.07) is 5.87. The topological polar surface area (TPSA) is 53.6 Å². The molecule has 2 aliphatic rings. The average molecular weight is 275 g/mol. The minimum absolute atomic E-state index is 0.208. The third kappa shape index (κ3) is 2.26. The van der Waals surface area contributed by atoms with Crippen molar-refractivity contribution in [3.05, 3.63) is 29.5 Å². The first kappa shape index (κ1) is 12.0. The van der Waals surface area contributed by atoms with Gasteiger partial charge in [-0.05, 0) is 36.0 Å². The molecule has 0 bridgehead atoms. The molecule has 98 valence electrons. The summed E-state index contributed by atoms with van der Waals surface area (Å²) >= 11 is 4.89. The van der Waals surface area contributed by atoms with E-state index in [1.165, 1.54) is 0 Å². The molecule has 0 aliphatic carbocycles. The number of anilines is 1. The van der Waals surface area contributed by atoms with E-state index in [0.29, 0.717) is 17.4 Å². The van der Waals surface area contributed by atoms with Gasteiger partial charge in [-0.1, -0.05) is 6.07 Å². The molecule has 5 nitrogen and oxygen atoms in total. The van der Waals surface area contributed by atoms with Gasteiger partial charge >= 0.3 is 0 Å². The standard InChI is InChI=1S/C13H13N3O2S/c1-16-4-5-18-11-7-8(2-3-10(11)16)6-9-12(17)15-13(19)14-9/h2-3,6-7H,4-5H2,1H3,(H2,14,15,17,19)/b9-6-. The number of fused-ring (bicyclic) bond motifs is 1. The monoisotopic (exact) mass is 275 g/mol. The third-order valence-electron chi connectivity index (χ3n) is 3.11. The molecule has 1 saturated heterocycles. The van der Waals surface area contributed by atoms with Gasteiger partial charge in [0.1, 0.15) is 18.1 Å². The summed E-state index contributed by atoms with van der Waals surface area (Å²) in [4.78, 5) is 13.7. The number of likely N-dealkylation sites (N-methyl/N-ethyl adjacent to an activating group) is 1. The second-order valence-electron chi connectivity index (χ2n) is 4.46. The van der Waals surface area contributed by atoms with E-state index in [0.717, 1.165) is 23.5 Å². The largest absolute Gasteiger partial charge is 0.490 e. The fourth-order valence-corrected chi connectivity index (χ4v) is 2.32. The van der Waals surface area contributed by atoms with Crippen molar-refractivity contribution in [3.8, 4) is 5.75 Å². The molecule has 0 radical (unpaired) electrons. The molecule has 0 saturated carbocycles. The van der Waals surface area contributed by atoms with Crippen LogP contribution in [0.1, 0.15) is 5.56 Å². The van der Waals surface area contributed by atoms with Crippen LogP contribution < -0.4 is 20.3 Å². The number of hydrogen-bond donors (Lipinski definition) is 2. The number of amides is 1. The number of benzene rings is 1. The van der Waals surface area contributed by atoms with Crippen LogP contribution in [0.25, 0.3) is 6.08 Å². The average Bonchev–Trinajstić information content (AvgIpc) is 2.68. The smallest absolute Gasteiger partial charge is 0.273 e. The lowest BCUT2D eigenvalue weighted by Gasteiger charge is -2.27. The zero-order chi connectivity index (χ0) is 13.4. The Bertz CT molecular complexity index is 598. The van der Waals surface area contributed by atoms with Crippen molar-refractivity contribution in [2.75, 3.05) is 25.1 Å². The van der Waals surface area contributed by atoms with Gasteiger partial charge in [-0.15, -0.1) is 0 Å². The second kappa shape index (κ2) is 4.55. The van der Waals surface area contributed by atoms with Gasteiger partial charge in [0.25, 0.3) is 5.91 Å². The van der Waals surface area contributed by atoms with Gasteiger partial charge in [0, 0.05) is 7.05 Å². The van der Waals surface area contributed by atoms with Crippen LogP contribution in [0.15, 0.2) is 23.9 Å². The molecule has 0 spiro atoms. The van der Waals surface area contributed by atoms with Gasteiger partial charge in [-0.2, -0.15) is 0 Å². The maximum absolute atomic E-state index is 11.6. The number of carbonyl (C=O) groups excluding carboxylic acids is 1. The molecule has 2 aliphatic heterocycles. The van der Waals surface area contributed by atoms with E-state index in [1.54, 1.807) is 6.08 Å². The lowest BCUT2D eigenvalue weighted by molar-refractivity contribution is -0.115. The van der Waals surface area contributed by atoms with Crippen molar-refractivity contribution in [1.29, 1.82) is 0 Å². The lowest BCUT2D eigenvalue weighted by atomic mass is 10.1. The van der Waals surface area contributed by atoms with E-state index in [-0.39, 0.29) is 5.91 Å². The Morgan fingerprint density at radius 3 is 3.00 bits per heavy atom. The molecule has 0 unspecified atom stereocenters. The normalized spacial score (nSPS) is 19.8. The molecule has 1 aromatic rings. The number of hydrogen-bond acceptors (Lipinski definition) is 4. The number of carbonyl (C=O) groups is 1. The number of thiocarbonyl (C=S) groups is 1. The highest BCUT2D eigenvalue weighted by atomic mass is 32.1. The van der Waals surface area contributed by atoms with Crippen LogP contribution in [0.3, 0.4) is 0 Å². The van der Waals surface area contributed by atoms with Crippen molar-refractivity contribution < 1.29 is 9.53 Å². The van der Waals surface area contributed by atoms with Crippen molar-refractivity contribution in [1.82, 2.24) is 10.6 Å². The van der Waals surface area contributed by atoms with E-state index in [4.69, 9.17) is 17.0 Å². The van der Waals surface area contributed by atoms with Gasteiger partial charge in [-0.3, -0.25) is 10.1 Å². The summed E-state index contributed by atoms with van der Waals surface area (Å²) in [7, 11) is 2.03.